The predicted octanol–water partition coefficient (Wildman–Crippen LogP) is -9.58. The molecule has 26 heteroatoms. The lowest BCUT2D eigenvalue weighted by Gasteiger charge is -2.52. The number of aliphatic hydroxyl groups is 13. The molecule has 5 heterocycles. The van der Waals surface area contributed by atoms with Crippen LogP contribution in [0.5, 0.6) is 0 Å². The van der Waals surface area contributed by atoms with E-state index in [0.717, 1.165) is 13.8 Å². The van der Waals surface area contributed by atoms with Gasteiger partial charge in [0.2, 0.25) is 11.8 Å². The van der Waals surface area contributed by atoms with E-state index in [0.29, 0.717) is 0 Å². The summed E-state index contributed by atoms with van der Waals surface area (Å²) >= 11 is 0. The molecule has 2 amide bonds. The fraction of sp³-hybridized carbons (Fsp3) is 0.941. The Kier molecular flexibility index (Phi) is 16.9. The minimum Gasteiger partial charge on any atom is -0.394 e. The van der Waals surface area contributed by atoms with Gasteiger partial charge in [0.1, 0.15) is 110 Å². The molecule has 0 spiro atoms. The van der Waals surface area contributed by atoms with Crippen LogP contribution in [0.3, 0.4) is 0 Å². The first-order valence-electron chi connectivity index (χ1n) is 19.3. The highest BCUT2D eigenvalue weighted by Gasteiger charge is 2.58. The molecular weight excluding hydrogens is 820 g/mol. The number of carbonyl (C=O) groups is 2. The van der Waals surface area contributed by atoms with Gasteiger partial charge in [-0.05, 0) is 13.8 Å². The molecule has 0 aromatic rings. The Bertz CT molecular complexity index is 1410. The minimum atomic E-state index is -2.06. The second-order valence-corrected chi connectivity index (χ2v) is 15.4. The highest BCUT2D eigenvalue weighted by Crippen LogP contribution is 2.37. The van der Waals surface area contributed by atoms with Crippen molar-refractivity contribution in [3.63, 3.8) is 0 Å². The first kappa shape index (κ1) is 49.1. The Balaban J connectivity index is 1.60. The van der Waals surface area contributed by atoms with Crippen LogP contribution in [0.2, 0.25) is 0 Å². The van der Waals surface area contributed by atoms with Gasteiger partial charge in [-0.1, -0.05) is 0 Å². The topological polar surface area (TPSA) is 404 Å². The smallest absolute Gasteiger partial charge is 0.217 e. The molecule has 5 aliphatic rings. The molecule has 15 N–H and O–H groups in total. The summed E-state index contributed by atoms with van der Waals surface area (Å²) in [7, 11) is 0. The van der Waals surface area contributed by atoms with Crippen molar-refractivity contribution in [2.75, 3.05) is 19.8 Å². The molecule has 0 aromatic heterocycles. The van der Waals surface area contributed by atoms with Gasteiger partial charge >= 0.3 is 0 Å². The van der Waals surface area contributed by atoms with Crippen molar-refractivity contribution in [2.24, 2.45) is 0 Å². The molecule has 0 bridgehead atoms. The summed E-state index contributed by atoms with van der Waals surface area (Å²) in [5.74, 6) is -1.53. The summed E-state index contributed by atoms with van der Waals surface area (Å²) in [6, 6.07) is -3.29. The van der Waals surface area contributed by atoms with Crippen molar-refractivity contribution in [1.82, 2.24) is 10.6 Å². The van der Waals surface area contributed by atoms with Gasteiger partial charge in [-0.15, -0.1) is 0 Å². The molecule has 5 saturated heterocycles. The average Bonchev–Trinajstić information content (AvgIpc) is 3.20. The number of hydrogen-bond acceptors (Lipinski definition) is 24. The van der Waals surface area contributed by atoms with Crippen LogP contribution in [0.4, 0.5) is 0 Å². The molecule has 60 heavy (non-hydrogen) atoms. The van der Waals surface area contributed by atoms with Gasteiger partial charge in [0.25, 0.3) is 0 Å². The molecule has 26 nitrogen and oxygen atoms in total. The van der Waals surface area contributed by atoms with Gasteiger partial charge in [0.05, 0.1) is 32.0 Å². The van der Waals surface area contributed by atoms with Crippen LogP contribution in [-0.4, -0.2) is 251 Å². The maximum Gasteiger partial charge on any atom is 0.217 e. The van der Waals surface area contributed by atoms with E-state index in [9.17, 15) is 76.0 Å². The SMILES string of the molecule is CC(=O)N[C@@H]1[C@@H](O[C@@H]2O[C@H](CO)[C@H](O)[C@H](O[C@H]3O[C@H](CO)[C@H](O)[C@H](O)[C@H]3NC(C)=O)[C@H]2O[C@@H]2O[C@@H](C)[C@@H](O)[C@@H](O)[C@@H]2O)[C@H](O[C@@H]2O[C@@H](C)[C@@H](O)[C@@H](O)[C@@H]2O)[C@@H](CO)O[C@H]1O. The van der Waals surface area contributed by atoms with Gasteiger partial charge in [-0.3, -0.25) is 9.59 Å². The molecular formula is C34H58N2O24. The predicted molar refractivity (Wildman–Crippen MR) is 187 cm³/mol. The van der Waals surface area contributed by atoms with E-state index in [-0.39, 0.29) is 0 Å². The lowest BCUT2D eigenvalue weighted by Crippen LogP contribution is -2.71. The van der Waals surface area contributed by atoms with E-state index in [1.165, 1.54) is 13.8 Å². The van der Waals surface area contributed by atoms with E-state index < -0.39 is 185 Å². The molecule has 25 atom stereocenters. The van der Waals surface area contributed by atoms with E-state index in [1.54, 1.807) is 0 Å². The van der Waals surface area contributed by atoms with Crippen molar-refractivity contribution in [2.45, 2.75) is 181 Å². The zero-order valence-corrected chi connectivity index (χ0v) is 32.9. The van der Waals surface area contributed by atoms with Crippen LogP contribution in [0, 0.1) is 0 Å². The molecule has 5 aliphatic heterocycles. The van der Waals surface area contributed by atoms with Crippen LogP contribution < -0.4 is 10.6 Å². The molecule has 5 rings (SSSR count). The van der Waals surface area contributed by atoms with Crippen molar-refractivity contribution >= 4 is 11.8 Å². The number of amides is 2. The van der Waals surface area contributed by atoms with E-state index in [1.807, 2.05) is 0 Å². The number of nitrogens with one attached hydrogen (secondary N) is 2. The van der Waals surface area contributed by atoms with Crippen LogP contribution in [0.25, 0.3) is 0 Å². The molecule has 348 valence electrons. The monoisotopic (exact) mass is 878 g/mol. The van der Waals surface area contributed by atoms with Gasteiger partial charge in [0.15, 0.2) is 31.5 Å². The number of aliphatic hydroxyl groups excluding tert-OH is 13. The summed E-state index contributed by atoms with van der Waals surface area (Å²) in [5, 5.41) is 144. The Labute approximate surface area is 342 Å². The third kappa shape index (κ3) is 10.4. The first-order chi connectivity index (χ1) is 28.2. The maximum atomic E-state index is 12.5. The average molecular weight is 879 g/mol. The third-order valence-corrected chi connectivity index (χ3v) is 11.0. The quantitative estimate of drug-likeness (QED) is 0.0817. The second-order valence-electron chi connectivity index (χ2n) is 15.4. The Hall–Kier alpha value is -1.94. The Morgan fingerprint density at radius 3 is 1.37 bits per heavy atom. The van der Waals surface area contributed by atoms with Crippen molar-refractivity contribution in [1.29, 1.82) is 0 Å². The highest BCUT2D eigenvalue weighted by atomic mass is 16.8. The standard InChI is InChI=1S/C34H58N2O24/c1-8-17(42)22(47)24(49)32(52-8)57-26-14(7-39)54-30(51)16(36-11(4)41)27(26)58-34-29(60-33-25(50)23(48)18(43)9(2)53-33)28(20(45)13(6-38)56-34)59-31-15(35-10(3)40)21(46)19(44)12(5-37)55-31/h8-9,12-34,37-39,42-51H,5-7H2,1-4H3,(H,35,40)(H,36,41)/t8-,9-,12+,13+,14+,15+,16+,17+,18+,19-,20-,21+,22+,23+,24-,25-,26+,27+,28-,29+,30+,31+,32-,33-,34-/m0/s1. The Morgan fingerprint density at radius 2 is 0.867 bits per heavy atom. The second kappa shape index (κ2) is 20.7. The van der Waals surface area contributed by atoms with E-state index in [2.05, 4.69) is 10.6 Å². The Morgan fingerprint density at radius 1 is 0.433 bits per heavy atom. The fourth-order valence-electron chi connectivity index (χ4n) is 7.69. The van der Waals surface area contributed by atoms with E-state index in [4.69, 9.17) is 42.6 Å². The zero-order chi connectivity index (χ0) is 44.5. The van der Waals surface area contributed by atoms with Crippen LogP contribution in [-0.2, 0) is 52.2 Å². The van der Waals surface area contributed by atoms with Crippen LogP contribution >= 0.6 is 0 Å². The summed E-state index contributed by atoms with van der Waals surface area (Å²) in [6.45, 7) is 1.97. The first-order valence-corrected chi connectivity index (χ1v) is 19.3. The minimum absolute atomic E-state index is 0.754. The molecule has 0 unspecified atom stereocenters. The van der Waals surface area contributed by atoms with Crippen molar-refractivity contribution in [3.05, 3.63) is 0 Å². The largest absolute Gasteiger partial charge is 0.394 e. The van der Waals surface area contributed by atoms with Gasteiger partial charge < -0.3 is 120 Å². The van der Waals surface area contributed by atoms with Crippen LogP contribution in [0.15, 0.2) is 0 Å². The number of hydrogen-bond donors (Lipinski definition) is 15. The number of rotatable bonds is 13. The lowest BCUT2D eigenvalue weighted by molar-refractivity contribution is -0.402. The van der Waals surface area contributed by atoms with E-state index >= 15 is 0 Å². The lowest BCUT2D eigenvalue weighted by atomic mass is 9.93. The molecule has 0 aliphatic carbocycles. The van der Waals surface area contributed by atoms with Gasteiger partial charge in [-0.2, -0.15) is 0 Å². The fourth-order valence-corrected chi connectivity index (χ4v) is 7.69. The van der Waals surface area contributed by atoms with Crippen molar-refractivity contribution < 1.29 is 119 Å². The normalized spacial score (nSPS) is 50.2. The van der Waals surface area contributed by atoms with Gasteiger partial charge in [0, 0.05) is 13.8 Å². The zero-order valence-electron chi connectivity index (χ0n) is 32.9. The summed E-state index contributed by atoms with van der Waals surface area (Å²) in [4.78, 5) is 24.7. The third-order valence-electron chi connectivity index (χ3n) is 11.0. The molecule has 5 fully saturated rings. The molecule has 0 aromatic carbocycles. The summed E-state index contributed by atoms with van der Waals surface area (Å²) in [5.41, 5.74) is 0. The molecule has 0 saturated carbocycles. The number of ether oxygens (including phenoxy) is 9. The molecule has 0 radical (unpaired) electrons. The summed E-state index contributed by atoms with van der Waals surface area (Å²) in [6.07, 6.45) is -40.8. The highest BCUT2D eigenvalue weighted by molar-refractivity contribution is 5.73. The van der Waals surface area contributed by atoms with Gasteiger partial charge in [-0.25, -0.2) is 0 Å². The summed E-state index contributed by atoms with van der Waals surface area (Å²) < 4.78 is 53.0. The van der Waals surface area contributed by atoms with Crippen LogP contribution in [0.1, 0.15) is 27.7 Å². The number of carbonyl (C=O) groups excluding carboxylic acids is 2. The van der Waals surface area contributed by atoms with Crippen molar-refractivity contribution in [3.8, 4) is 0 Å². The maximum absolute atomic E-state index is 12.5.